The van der Waals surface area contributed by atoms with Crippen molar-refractivity contribution in [2.24, 2.45) is 7.05 Å². The van der Waals surface area contributed by atoms with Crippen LogP contribution in [-0.4, -0.2) is 53.0 Å². The molecule has 2 heterocycles. The molecule has 0 spiro atoms. The largest absolute Gasteiger partial charge is 0.397 e. The van der Waals surface area contributed by atoms with Crippen molar-refractivity contribution >= 4 is 11.6 Å². The Morgan fingerprint density at radius 3 is 2.58 bits per heavy atom. The third-order valence-corrected chi connectivity index (χ3v) is 4.12. The minimum absolute atomic E-state index is 0.0640. The number of anilines is 1. The van der Waals surface area contributed by atoms with Crippen LogP contribution < -0.4 is 5.73 Å². The van der Waals surface area contributed by atoms with E-state index in [1.165, 1.54) is 0 Å². The van der Waals surface area contributed by atoms with E-state index in [1.54, 1.807) is 16.8 Å². The van der Waals surface area contributed by atoms with Crippen molar-refractivity contribution in [1.29, 1.82) is 0 Å². The Morgan fingerprint density at radius 2 is 2.11 bits per heavy atom. The van der Waals surface area contributed by atoms with E-state index in [1.807, 2.05) is 19.0 Å². The Labute approximate surface area is 115 Å². The molecule has 2 N–H and O–H groups in total. The second-order valence-corrected chi connectivity index (χ2v) is 5.35. The van der Waals surface area contributed by atoms with Crippen molar-refractivity contribution in [3.8, 4) is 0 Å². The summed E-state index contributed by atoms with van der Waals surface area (Å²) in [6.45, 7) is 5.43. The quantitative estimate of drug-likeness (QED) is 0.891. The number of amides is 1. The van der Waals surface area contributed by atoms with Crippen molar-refractivity contribution in [2.45, 2.75) is 25.8 Å². The van der Waals surface area contributed by atoms with Crippen molar-refractivity contribution in [2.75, 3.05) is 32.4 Å². The van der Waals surface area contributed by atoms with Gasteiger partial charge in [-0.1, -0.05) is 6.92 Å². The molecule has 5 nitrogen and oxygen atoms in total. The molecule has 1 aliphatic heterocycles. The first-order valence-corrected chi connectivity index (χ1v) is 6.94. The molecule has 1 amide bonds. The second-order valence-electron chi connectivity index (χ2n) is 5.35. The minimum Gasteiger partial charge on any atom is -0.397 e. The number of likely N-dealkylation sites (tertiary alicyclic amines) is 1. The van der Waals surface area contributed by atoms with Gasteiger partial charge in [-0.2, -0.15) is 0 Å². The van der Waals surface area contributed by atoms with E-state index >= 15 is 0 Å². The standard InChI is InChI=1S/C14H24N4O/c1-4-18-7-5-12(6-8-18)17(3)14(19)13-9-11(15)10-16(13)2/h9-10,12H,4-8,15H2,1-3H3. The molecular weight excluding hydrogens is 240 g/mol. The summed E-state index contributed by atoms with van der Waals surface area (Å²) in [7, 11) is 3.76. The van der Waals surface area contributed by atoms with Crippen molar-refractivity contribution < 1.29 is 4.79 Å². The third kappa shape index (κ3) is 2.92. The summed E-state index contributed by atoms with van der Waals surface area (Å²) >= 11 is 0. The number of nitrogens with zero attached hydrogens (tertiary/aromatic N) is 3. The maximum Gasteiger partial charge on any atom is 0.270 e. The van der Waals surface area contributed by atoms with E-state index in [9.17, 15) is 4.79 Å². The number of hydrogen-bond acceptors (Lipinski definition) is 3. The molecule has 0 unspecified atom stereocenters. The smallest absolute Gasteiger partial charge is 0.270 e. The fraction of sp³-hybridized carbons (Fsp3) is 0.643. The summed E-state index contributed by atoms with van der Waals surface area (Å²) in [4.78, 5) is 16.8. The van der Waals surface area contributed by atoms with E-state index < -0.39 is 0 Å². The van der Waals surface area contributed by atoms with Gasteiger partial charge in [-0.05, 0) is 25.5 Å². The van der Waals surface area contributed by atoms with Gasteiger partial charge in [0.15, 0.2) is 0 Å². The zero-order valence-corrected chi connectivity index (χ0v) is 12.1. The highest BCUT2D eigenvalue weighted by Gasteiger charge is 2.26. The molecule has 0 saturated carbocycles. The molecule has 1 aromatic heterocycles. The number of nitrogen functional groups attached to an aromatic ring is 1. The maximum absolute atomic E-state index is 12.5. The van der Waals surface area contributed by atoms with Crippen molar-refractivity contribution in [3.63, 3.8) is 0 Å². The Bertz CT molecular complexity index is 446. The van der Waals surface area contributed by atoms with Gasteiger partial charge in [-0.25, -0.2) is 0 Å². The lowest BCUT2D eigenvalue weighted by Crippen LogP contribution is -2.45. The predicted octanol–water partition coefficient (Wildman–Crippen LogP) is 1.16. The zero-order chi connectivity index (χ0) is 14.0. The molecular formula is C14H24N4O. The molecule has 0 aromatic carbocycles. The summed E-state index contributed by atoms with van der Waals surface area (Å²) in [5, 5.41) is 0. The molecule has 2 rings (SSSR count). The molecule has 0 atom stereocenters. The molecule has 1 aliphatic rings. The normalized spacial score (nSPS) is 17.6. The second kappa shape index (κ2) is 5.65. The summed E-state index contributed by atoms with van der Waals surface area (Å²) in [5.41, 5.74) is 7.04. The van der Waals surface area contributed by atoms with Gasteiger partial charge in [0.05, 0.1) is 5.69 Å². The van der Waals surface area contributed by atoms with Crippen LogP contribution in [0.1, 0.15) is 30.3 Å². The van der Waals surface area contributed by atoms with Crippen LogP contribution in [0.5, 0.6) is 0 Å². The number of aryl methyl sites for hydroxylation is 1. The van der Waals surface area contributed by atoms with Crippen LogP contribution in [0.4, 0.5) is 5.69 Å². The van der Waals surface area contributed by atoms with Crippen LogP contribution in [0.15, 0.2) is 12.3 Å². The average Bonchev–Trinajstić information content (AvgIpc) is 2.76. The van der Waals surface area contributed by atoms with E-state index in [0.29, 0.717) is 17.4 Å². The van der Waals surface area contributed by atoms with Gasteiger partial charge in [-0.3, -0.25) is 4.79 Å². The first kappa shape index (κ1) is 13.9. The third-order valence-electron chi connectivity index (χ3n) is 4.12. The van der Waals surface area contributed by atoms with E-state index in [0.717, 1.165) is 32.5 Å². The molecule has 0 aliphatic carbocycles. The number of aromatic nitrogens is 1. The van der Waals surface area contributed by atoms with Crippen molar-refractivity contribution in [3.05, 3.63) is 18.0 Å². The fourth-order valence-electron chi connectivity index (χ4n) is 2.77. The highest BCUT2D eigenvalue weighted by atomic mass is 16.2. The number of carbonyl (C=O) groups is 1. The number of carbonyl (C=O) groups excluding carboxylic acids is 1. The van der Waals surface area contributed by atoms with Gasteiger partial charge in [0.25, 0.3) is 5.91 Å². The van der Waals surface area contributed by atoms with Gasteiger partial charge in [0.1, 0.15) is 5.69 Å². The number of piperidine rings is 1. The van der Waals surface area contributed by atoms with E-state index in [2.05, 4.69) is 11.8 Å². The number of nitrogens with two attached hydrogens (primary N) is 1. The SMILES string of the molecule is CCN1CCC(N(C)C(=O)c2cc(N)cn2C)CC1. The van der Waals surface area contributed by atoms with Crippen LogP contribution in [-0.2, 0) is 7.05 Å². The first-order chi connectivity index (χ1) is 9.02. The van der Waals surface area contributed by atoms with Gasteiger partial charge in [0, 0.05) is 39.4 Å². The molecule has 106 valence electrons. The molecule has 1 fully saturated rings. The lowest BCUT2D eigenvalue weighted by atomic mass is 10.0. The molecule has 0 bridgehead atoms. The fourth-order valence-corrected chi connectivity index (χ4v) is 2.77. The van der Waals surface area contributed by atoms with Crippen molar-refractivity contribution in [1.82, 2.24) is 14.4 Å². The Hall–Kier alpha value is -1.49. The number of rotatable bonds is 3. The summed E-state index contributed by atoms with van der Waals surface area (Å²) < 4.78 is 1.80. The minimum atomic E-state index is 0.0640. The predicted molar refractivity (Wildman–Crippen MR) is 77.1 cm³/mol. The Morgan fingerprint density at radius 1 is 1.47 bits per heavy atom. The molecule has 1 saturated heterocycles. The highest BCUT2D eigenvalue weighted by Crippen LogP contribution is 2.18. The van der Waals surface area contributed by atoms with Crippen LogP contribution in [0.25, 0.3) is 0 Å². The lowest BCUT2D eigenvalue weighted by molar-refractivity contribution is 0.0637. The van der Waals surface area contributed by atoms with E-state index in [-0.39, 0.29) is 5.91 Å². The monoisotopic (exact) mass is 264 g/mol. The van der Waals surface area contributed by atoms with Crippen LogP contribution in [0, 0.1) is 0 Å². The Balaban J connectivity index is 2.02. The lowest BCUT2D eigenvalue weighted by Gasteiger charge is -2.36. The van der Waals surface area contributed by atoms with Gasteiger partial charge in [0.2, 0.25) is 0 Å². The summed E-state index contributed by atoms with van der Waals surface area (Å²) in [6.07, 6.45) is 3.88. The zero-order valence-electron chi connectivity index (χ0n) is 12.1. The van der Waals surface area contributed by atoms with Gasteiger partial charge >= 0.3 is 0 Å². The number of hydrogen-bond donors (Lipinski definition) is 1. The average molecular weight is 264 g/mol. The van der Waals surface area contributed by atoms with E-state index in [4.69, 9.17) is 5.73 Å². The van der Waals surface area contributed by atoms with Crippen LogP contribution in [0.3, 0.4) is 0 Å². The molecule has 5 heteroatoms. The van der Waals surface area contributed by atoms with Crippen LogP contribution in [0.2, 0.25) is 0 Å². The highest BCUT2D eigenvalue weighted by molar-refractivity contribution is 5.93. The first-order valence-electron chi connectivity index (χ1n) is 6.94. The van der Waals surface area contributed by atoms with Crippen LogP contribution >= 0.6 is 0 Å². The molecule has 0 radical (unpaired) electrons. The summed E-state index contributed by atoms with van der Waals surface area (Å²) in [5.74, 6) is 0.0640. The Kier molecular flexibility index (Phi) is 4.14. The topological polar surface area (TPSA) is 54.5 Å². The van der Waals surface area contributed by atoms with Gasteiger partial charge < -0.3 is 20.1 Å². The summed E-state index contributed by atoms with van der Waals surface area (Å²) in [6, 6.07) is 2.09. The van der Waals surface area contributed by atoms with Gasteiger partial charge in [-0.15, -0.1) is 0 Å². The molecule has 19 heavy (non-hydrogen) atoms. The molecule has 1 aromatic rings. The maximum atomic E-state index is 12.5.